The van der Waals surface area contributed by atoms with Gasteiger partial charge in [0.15, 0.2) is 0 Å². The predicted octanol–water partition coefficient (Wildman–Crippen LogP) is 1.72. The van der Waals surface area contributed by atoms with Crippen LogP contribution in [0.4, 0.5) is 5.69 Å². The Morgan fingerprint density at radius 1 is 1.12 bits per heavy atom. The van der Waals surface area contributed by atoms with E-state index in [-0.39, 0.29) is 0 Å². The number of anilines is 1. The highest BCUT2D eigenvalue weighted by Gasteiger charge is 2.30. The van der Waals surface area contributed by atoms with Crippen LogP contribution in [0.1, 0.15) is 18.9 Å². The minimum Gasteiger partial charge on any atom is -0.377 e. The smallest absolute Gasteiger partial charge is 0.0927 e. The molecule has 128 valence electrons. The molecule has 2 saturated heterocycles. The van der Waals surface area contributed by atoms with Crippen molar-refractivity contribution in [2.45, 2.75) is 24.9 Å². The highest BCUT2D eigenvalue weighted by atomic mass is 16.5. The summed E-state index contributed by atoms with van der Waals surface area (Å²) in [4.78, 5) is 6.56. The van der Waals surface area contributed by atoms with Crippen molar-refractivity contribution >= 4 is 5.69 Å². The monoisotopic (exact) mass is 327 g/mol. The van der Waals surface area contributed by atoms with Gasteiger partial charge in [-0.3, -0.25) is 9.67 Å². The Hall–Kier alpha value is -1.92. The Labute approximate surface area is 142 Å². The van der Waals surface area contributed by atoms with E-state index in [1.54, 1.807) is 0 Å². The molecule has 0 amide bonds. The molecule has 4 rings (SSSR count). The molecule has 24 heavy (non-hydrogen) atoms. The lowest BCUT2D eigenvalue weighted by Crippen LogP contribution is -2.43. The summed E-state index contributed by atoms with van der Waals surface area (Å²) in [6.07, 6.45) is 10.1. The summed E-state index contributed by atoms with van der Waals surface area (Å²) >= 11 is 0. The van der Waals surface area contributed by atoms with Gasteiger partial charge >= 0.3 is 0 Å². The highest BCUT2D eigenvalue weighted by Crippen LogP contribution is 2.24. The number of hydrogen-bond donors (Lipinski definition) is 1. The zero-order valence-electron chi connectivity index (χ0n) is 13.9. The number of hydrogen-bond acceptors (Lipinski definition) is 5. The van der Waals surface area contributed by atoms with Gasteiger partial charge in [0.25, 0.3) is 0 Å². The van der Waals surface area contributed by atoms with Crippen molar-refractivity contribution in [2.75, 3.05) is 37.7 Å². The predicted molar refractivity (Wildman–Crippen MR) is 93.0 cm³/mol. The Morgan fingerprint density at radius 3 is 2.71 bits per heavy atom. The molecule has 2 aliphatic rings. The minimum atomic E-state index is 0.317. The number of nitrogens with zero attached hydrogens (tertiary/aromatic N) is 4. The maximum atomic E-state index is 5.67. The van der Waals surface area contributed by atoms with Gasteiger partial charge in [-0.15, -0.1) is 0 Å². The molecule has 0 bridgehead atoms. The Balaban J connectivity index is 1.26. The third-order valence-corrected chi connectivity index (χ3v) is 5.23. The van der Waals surface area contributed by atoms with Gasteiger partial charge < -0.3 is 15.0 Å². The van der Waals surface area contributed by atoms with Crippen LogP contribution in [0.15, 0.2) is 43.0 Å². The van der Waals surface area contributed by atoms with Crippen molar-refractivity contribution < 1.29 is 4.74 Å². The quantitative estimate of drug-likeness (QED) is 0.906. The van der Waals surface area contributed by atoms with Crippen molar-refractivity contribution in [2.24, 2.45) is 5.92 Å². The van der Waals surface area contributed by atoms with Crippen molar-refractivity contribution in [3.63, 3.8) is 0 Å². The van der Waals surface area contributed by atoms with Gasteiger partial charge in [0.2, 0.25) is 0 Å². The van der Waals surface area contributed by atoms with Gasteiger partial charge in [-0.05, 0) is 43.5 Å². The van der Waals surface area contributed by atoms with Crippen LogP contribution in [0.3, 0.4) is 0 Å². The van der Waals surface area contributed by atoms with Crippen LogP contribution in [-0.4, -0.2) is 53.7 Å². The van der Waals surface area contributed by atoms with E-state index in [4.69, 9.17) is 4.74 Å². The topological polar surface area (TPSA) is 55.2 Å². The molecule has 4 heterocycles. The fourth-order valence-corrected chi connectivity index (χ4v) is 3.74. The zero-order valence-corrected chi connectivity index (χ0v) is 13.9. The Kier molecular flexibility index (Phi) is 4.76. The molecular formula is C18H25N5O. The van der Waals surface area contributed by atoms with E-state index in [0.29, 0.717) is 12.1 Å². The number of ether oxygens (including phenoxy) is 1. The maximum absolute atomic E-state index is 5.67. The van der Waals surface area contributed by atoms with E-state index in [0.717, 1.165) is 38.8 Å². The molecule has 2 atom stereocenters. The van der Waals surface area contributed by atoms with Crippen LogP contribution in [0, 0.1) is 5.92 Å². The number of nitrogens with one attached hydrogen (secondary N) is 1. The van der Waals surface area contributed by atoms with E-state index in [1.165, 1.54) is 18.5 Å². The number of pyridine rings is 1. The summed E-state index contributed by atoms with van der Waals surface area (Å²) < 4.78 is 7.70. The molecule has 2 aromatic heterocycles. The zero-order chi connectivity index (χ0) is 16.2. The molecule has 1 N–H and O–H groups in total. The molecule has 2 fully saturated rings. The van der Waals surface area contributed by atoms with E-state index in [9.17, 15) is 0 Å². The molecular weight excluding hydrogens is 302 g/mol. The largest absolute Gasteiger partial charge is 0.377 e. The molecule has 6 heteroatoms. The fourth-order valence-electron chi connectivity index (χ4n) is 3.74. The Morgan fingerprint density at radius 2 is 1.96 bits per heavy atom. The second-order valence-electron chi connectivity index (χ2n) is 6.74. The number of rotatable bonds is 5. The lowest BCUT2D eigenvalue weighted by atomic mass is 9.96. The minimum absolute atomic E-state index is 0.317. The highest BCUT2D eigenvalue weighted by molar-refractivity contribution is 5.44. The number of piperidine rings is 1. The lowest BCUT2D eigenvalue weighted by molar-refractivity contribution is 0.181. The standard InChI is InChI=1S/C18H25N5O/c1-6-21-23(9-1)18-14-24-13-17(18)20-12-15-4-10-22(11-5-15)16-2-7-19-8-3-16/h1-3,6-9,15,17-18,20H,4-5,10-14H2. The normalized spacial score (nSPS) is 25.2. The second kappa shape index (κ2) is 7.32. The summed E-state index contributed by atoms with van der Waals surface area (Å²) in [5.74, 6) is 0.738. The van der Waals surface area contributed by atoms with E-state index in [1.807, 2.05) is 35.5 Å². The van der Waals surface area contributed by atoms with Crippen molar-refractivity contribution in [3.8, 4) is 0 Å². The molecule has 0 saturated carbocycles. The molecule has 0 radical (unpaired) electrons. The van der Waals surface area contributed by atoms with Crippen LogP contribution >= 0.6 is 0 Å². The van der Waals surface area contributed by atoms with Crippen molar-refractivity contribution in [1.29, 1.82) is 0 Å². The first-order chi connectivity index (χ1) is 11.9. The third-order valence-electron chi connectivity index (χ3n) is 5.23. The van der Waals surface area contributed by atoms with Crippen LogP contribution < -0.4 is 10.2 Å². The second-order valence-corrected chi connectivity index (χ2v) is 6.74. The molecule has 2 aliphatic heterocycles. The summed E-state index contributed by atoms with van der Waals surface area (Å²) in [6.45, 7) is 4.84. The SMILES string of the molecule is c1cnn(C2COCC2NCC2CCN(c3ccncc3)CC2)c1. The van der Waals surface area contributed by atoms with E-state index >= 15 is 0 Å². The van der Waals surface area contributed by atoms with Crippen LogP contribution in [0.2, 0.25) is 0 Å². The molecule has 2 aromatic rings. The first kappa shape index (κ1) is 15.6. The van der Waals surface area contributed by atoms with Gasteiger partial charge in [-0.25, -0.2) is 0 Å². The molecule has 2 unspecified atom stereocenters. The van der Waals surface area contributed by atoms with E-state index in [2.05, 4.69) is 32.4 Å². The van der Waals surface area contributed by atoms with Gasteiger partial charge in [0.05, 0.1) is 25.3 Å². The average molecular weight is 327 g/mol. The lowest BCUT2D eigenvalue weighted by Gasteiger charge is -2.34. The van der Waals surface area contributed by atoms with Gasteiger partial charge in [0.1, 0.15) is 0 Å². The average Bonchev–Trinajstić information content (AvgIpc) is 3.32. The molecule has 0 aromatic carbocycles. The van der Waals surface area contributed by atoms with Gasteiger partial charge in [0, 0.05) is 43.6 Å². The third kappa shape index (κ3) is 3.44. The van der Waals surface area contributed by atoms with Gasteiger partial charge in [-0.1, -0.05) is 0 Å². The first-order valence-electron chi connectivity index (χ1n) is 8.85. The summed E-state index contributed by atoms with van der Waals surface area (Å²) in [5.41, 5.74) is 1.29. The fraction of sp³-hybridized carbons (Fsp3) is 0.556. The van der Waals surface area contributed by atoms with Crippen molar-refractivity contribution in [3.05, 3.63) is 43.0 Å². The van der Waals surface area contributed by atoms with Gasteiger partial charge in [-0.2, -0.15) is 5.10 Å². The van der Waals surface area contributed by atoms with Crippen molar-refractivity contribution in [1.82, 2.24) is 20.1 Å². The first-order valence-corrected chi connectivity index (χ1v) is 8.85. The molecule has 0 aliphatic carbocycles. The Bertz CT molecular complexity index is 610. The summed E-state index contributed by atoms with van der Waals surface area (Å²) in [6, 6.07) is 6.86. The summed E-state index contributed by atoms with van der Waals surface area (Å²) in [7, 11) is 0. The molecule has 0 spiro atoms. The summed E-state index contributed by atoms with van der Waals surface area (Å²) in [5, 5.41) is 8.10. The number of aromatic nitrogens is 3. The van der Waals surface area contributed by atoms with Crippen LogP contribution in [0.5, 0.6) is 0 Å². The maximum Gasteiger partial charge on any atom is 0.0927 e. The molecule has 6 nitrogen and oxygen atoms in total. The van der Waals surface area contributed by atoms with Crippen LogP contribution in [0.25, 0.3) is 0 Å². The van der Waals surface area contributed by atoms with E-state index < -0.39 is 0 Å². The van der Waals surface area contributed by atoms with Crippen LogP contribution in [-0.2, 0) is 4.74 Å².